The van der Waals surface area contributed by atoms with Gasteiger partial charge in [-0.05, 0) is 26.8 Å². The first kappa shape index (κ1) is 14.4. The molecule has 0 fully saturated rings. The van der Waals surface area contributed by atoms with Crippen LogP contribution in [0.25, 0.3) is 0 Å². The van der Waals surface area contributed by atoms with E-state index in [4.69, 9.17) is 5.73 Å². The van der Waals surface area contributed by atoms with Gasteiger partial charge >= 0.3 is 0 Å². The fraction of sp³-hybridized carbons (Fsp3) is 0.889. The Morgan fingerprint density at radius 1 is 1.33 bits per heavy atom. The van der Waals surface area contributed by atoms with Gasteiger partial charge in [0.25, 0.3) is 0 Å². The molecule has 1 amide bonds. The van der Waals surface area contributed by atoms with Gasteiger partial charge in [-0.15, -0.1) is 0 Å². The lowest BCUT2D eigenvalue weighted by molar-refractivity contribution is -0.127. The number of nitrogens with two attached hydrogens (primary N) is 1. The first-order valence-corrected chi connectivity index (χ1v) is 6.50. The molecule has 0 rings (SSSR count). The summed E-state index contributed by atoms with van der Waals surface area (Å²) in [7, 11) is -0.329. The quantitative estimate of drug-likeness (QED) is 0.705. The van der Waals surface area contributed by atoms with E-state index in [1.54, 1.807) is 21.0 Å². The molecule has 0 aliphatic carbocycles. The van der Waals surface area contributed by atoms with Gasteiger partial charge in [0.2, 0.25) is 5.91 Å². The molecular formula is C9H20N2O3S. The molecule has 0 aromatic carbocycles. The lowest BCUT2D eigenvalue weighted by Crippen LogP contribution is -2.41. The van der Waals surface area contributed by atoms with Crippen molar-refractivity contribution in [2.45, 2.75) is 30.8 Å². The van der Waals surface area contributed by atoms with Crippen LogP contribution < -0.4 is 5.73 Å². The summed E-state index contributed by atoms with van der Waals surface area (Å²) >= 11 is 0. The minimum Gasteiger partial charge on any atom is -0.348 e. The summed E-state index contributed by atoms with van der Waals surface area (Å²) < 4.78 is 23.7. The van der Waals surface area contributed by atoms with Crippen LogP contribution in [0.4, 0.5) is 0 Å². The second-order valence-corrected chi connectivity index (χ2v) is 6.54. The van der Waals surface area contributed by atoms with Crippen LogP contribution in [0.15, 0.2) is 0 Å². The van der Waals surface area contributed by atoms with Gasteiger partial charge in [-0.1, -0.05) is 0 Å². The molecule has 2 unspecified atom stereocenters. The number of amides is 1. The molecule has 90 valence electrons. The van der Waals surface area contributed by atoms with E-state index in [-0.39, 0.29) is 5.91 Å². The van der Waals surface area contributed by atoms with Crippen molar-refractivity contribution in [1.82, 2.24) is 4.90 Å². The molecule has 0 heterocycles. The molecule has 0 saturated heterocycles. The zero-order valence-corrected chi connectivity index (χ0v) is 10.5. The lowest BCUT2D eigenvalue weighted by Gasteiger charge is -2.20. The zero-order chi connectivity index (χ0) is 12.2. The Bertz CT molecular complexity index is 311. The Kier molecular flexibility index (Phi) is 5.23. The molecule has 5 nitrogen and oxygen atoms in total. The van der Waals surface area contributed by atoms with Crippen molar-refractivity contribution in [2.24, 2.45) is 5.73 Å². The van der Waals surface area contributed by atoms with Gasteiger partial charge < -0.3 is 10.6 Å². The van der Waals surface area contributed by atoms with Crippen LogP contribution in [0.1, 0.15) is 20.3 Å². The van der Waals surface area contributed by atoms with Gasteiger partial charge in [0.1, 0.15) is 5.25 Å². The van der Waals surface area contributed by atoms with Gasteiger partial charge in [0.05, 0.1) is 5.25 Å². The van der Waals surface area contributed by atoms with Crippen molar-refractivity contribution >= 4 is 15.7 Å². The topological polar surface area (TPSA) is 80.5 Å². The second-order valence-electron chi connectivity index (χ2n) is 3.85. The number of nitrogens with zero attached hydrogens (tertiary/aromatic N) is 1. The van der Waals surface area contributed by atoms with Crippen LogP contribution >= 0.6 is 0 Å². The highest BCUT2D eigenvalue weighted by Crippen LogP contribution is 2.13. The summed E-state index contributed by atoms with van der Waals surface area (Å²) in [5, 5.41) is -1.56. The molecule has 0 saturated carbocycles. The molecule has 6 heteroatoms. The van der Waals surface area contributed by atoms with Crippen LogP contribution in [-0.4, -0.2) is 50.4 Å². The Morgan fingerprint density at radius 3 is 2.13 bits per heavy atom. The zero-order valence-electron chi connectivity index (χ0n) is 9.73. The molecule has 0 spiro atoms. The van der Waals surface area contributed by atoms with Gasteiger partial charge in [-0.3, -0.25) is 4.79 Å². The van der Waals surface area contributed by atoms with Crippen LogP contribution in [0.2, 0.25) is 0 Å². The summed E-state index contributed by atoms with van der Waals surface area (Å²) in [6.07, 6.45) is 0.382. The maximum atomic E-state index is 11.9. The third kappa shape index (κ3) is 3.46. The first-order valence-electron chi connectivity index (χ1n) is 4.89. The monoisotopic (exact) mass is 236 g/mol. The summed E-state index contributed by atoms with van der Waals surface area (Å²) in [6, 6.07) is 0. The van der Waals surface area contributed by atoms with Crippen molar-refractivity contribution < 1.29 is 13.2 Å². The number of rotatable bonds is 5. The Labute approximate surface area is 91.5 Å². The Morgan fingerprint density at radius 2 is 1.80 bits per heavy atom. The van der Waals surface area contributed by atoms with E-state index >= 15 is 0 Å². The average Bonchev–Trinajstić information content (AvgIpc) is 2.15. The van der Waals surface area contributed by atoms with E-state index in [9.17, 15) is 13.2 Å². The molecule has 0 radical (unpaired) electrons. The van der Waals surface area contributed by atoms with Gasteiger partial charge in [-0.2, -0.15) is 0 Å². The fourth-order valence-corrected chi connectivity index (χ4v) is 2.90. The second kappa shape index (κ2) is 5.46. The van der Waals surface area contributed by atoms with Crippen LogP contribution in [0.5, 0.6) is 0 Å². The first-order chi connectivity index (χ1) is 6.75. The largest absolute Gasteiger partial charge is 0.348 e. The molecule has 0 aliphatic heterocycles. The van der Waals surface area contributed by atoms with E-state index in [1.807, 2.05) is 0 Å². The van der Waals surface area contributed by atoms with Crippen LogP contribution in [0, 0.1) is 0 Å². The highest BCUT2D eigenvalue weighted by Gasteiger charge is 2.33. The lowest BCUT2D eigenvalue weighted by atomic mass is 10.3. The van der Waals surface area contributed by atoms with Crippen molar-refractivity contribution in [1.29, 1.82) is 0 Å². The van der Waals surface area contributed by atoms with Gasteiger partial charge in [-0.25, -0.2) is 8.42 Å². The predicted molar refractivity (Wildman–Crippen MR) is 60.2 cm³/mol. The highest BCUT2D eigenvalue weighted by atomic mass is 32.2. The summed E-state index contributed by atoms with van der Waals surface area (Å²) in [5.41, 5.74) is 5.30. The van der Waals surface area contributed by atoms with E-state index in [1.165, 1.54) is 11.8 Å². The van der Waals surface area contributed by atoms with E-state index in [2.05, 4.69) is 0 Å². The van der Waals surface area contributed by atoms with Crippen molar-refractivity contribution in [3.8, 4) is 0 Å². The molecule has 0 bridgehead atoms. The Balaban J connectivity index is 4.81. The SMILES string of the molecule is CC(CCN)S(=O)(=O)C(C)C(=O)N(C)C. The smallest absolute Gasteiger partial charge is 0.240 e. The van der Waals surface area contributed by atoms with E-state index in [0.717, 1.165) is 0 Å². The summed E-state index contributed by atoms with van der Waals surface area (Å²) in [5.74, 6) is -0.390. The molecule has 15 heavy (non-hydrogen) atoms. The van der Waals surface area contributed by atoms with E-state index in [0.29, 0.717) is 13.0 Å². The van der Waals surface area contributed by atoms with E-state index < -0.39 is 20.3 Å². The maximum Gasteiger partial charge on any atom is 0.240 e. The van der Waals surface area contributed by atoms with Crippen molar-refractivity contribution in [3.05, 3.63) is 0 Å². The molecule has 0 aliphatic rings. The van der Waals surface area contributed by atoms with Crippen LogP contribution in [0.3, 0.4) is 0 Å². The van der Waals surface area contributed by atoms with Gasteiger partial charge in [0, 0.05) is 14.1 Å². The Hall–Kier alpha value is -0.620. The number of carbonyl (C=O) groups excluding carboxylic acids is 1. The summed E-state index contributed by atoms with van der Waals surface area (Å²) in [4.78, 5) is 12.8. The van der Waals surface area contributed by atoms with Crippen molar-refractivity contribution in [3.63, 3.8) is 0 Å². The normalized spacial score (nSPS) is 15.8. The molecule has 2 atom stereocenters. The molecule has 2 N–H and O–H groups in total. The third-order valence-corrected chi connectivity index (χ3v) is 4.96. The number of hydrogen-bond donors (Lipinski definition) is 1. The third-order valence-electron chi connectivity index (χ3n) is 2.42. The van der Waals surface area contributed by atoms with Gasteiger partial charge in [0.15, 0.2) is 9.84 Å². The minimum atomic E-state index is -3.42. The predicted octanol–water partition coefficient (Wildman–Crippen LogP) is -0.385. The van der Waals surface area contributed by atoms with Crippen molar-refractivity contribution in [2.75, 3.05) is 20.6 Å². The standard InChI is InChI=1S/C9H20N2O3S/c1-7(5-6-10)15(13,14)8(2)9(12)11(3)4/h7-8H,5-6,10H2,1-4H3. The fourth-order valence-electron chi connectivity index (χ4n) is 1.25. The number of carbonyl (C=O) groups is 1. The highest BCUT2D eigenvalue weighted by molar-refractivity contribution is 7.93. The van der Waals surface area contributed by atoms with Crippen LogP contribution in [-0.2, 0) is 14.6 Å². The molecule has 0 aromatic heterocycles. The number of hydrogen-bond acceptors (Lipinski definition) is 4. The average molecular weight is 236 g/mol. The summed E-state index contributed by atoms with van der Waals surface area (Å²) in [6.45, 7) is 3.32. The number of sulfone groups is 1. The molecular weight excluding hydrogens is 216 g/mol. The maximum absolute atomic E-state index is 11.9. The minimum absolute atomic E-state index is 0.309. The molecule has 0 aromatic rings.